The summed E-state index contributed by atoms with van der Waals surface area (Å²) in [6, 6.07) is 1.87. The highest BCUT2D eigenvalue weighted by Gasteiger charge is 2.39. The molecule has 0 spiro atoms. The third kappa shape index (κ3) is 4.43. The van der Waals surface area contributed by atoms with E-state index in [-0.39, 0.29) is 24.5 Å². The van der Waals surface area contributed by atoms with E-state index < -0.39 is 24.5 Å². The number of carbonyl (C=O) groups excluding carboxylic acids is 1. The number of pyridine rings is 1. The molecule has 30 heavy (non-hydrogen) atoms. The van der Waals surface area contributed by atoms with Gasteiger partial charge < -0.3 is 20.1 Å². The lowest BCUT2D eigenvalue weighted by Crippen LogP contribution is -2.47. The lowest BCUT2D eigenvalue weighted by Gasteiger charge is -2.25. The van der Waals surface area contributed by atoms with Gasteiger partial charge in [0.05, 0.1) is 18.3 Å². The predicted octanol–water partition coefficient (Wildman–Crippen LogP) is 4.37. The highest BCUT2D eigenvalue weighted by molar-refractivity contribution is 6.33. The van der Waals surface area contributed by atoms with Crippen LogP contribution in [-0.4, -0.2) is 45.9 Å². The zero-order valence-electron chi connectivity index (χ0n) is 16.3. The number of fused-ring (bicyclic) bond motifs is 7. The molecular weight excluding hydrogens is 420 g/mol. The Morgan fingerprint density at radius 3 is 3.00 bits per heavy atom. The van der Waals surface area contributed by atoms with Crippen LogP contribution in [0.3, 0.4) is 0 Å². The number of hydrogen-bond acceptors (Lipinski definition) is 6. The molecule has 1 fully saturated rings. The second kappa shape index (κ2) is 8.25. The molecule has 0 aromatic carbocycles. The zero-order valence-corrected chi connectivity index (χ0v) is 17.0. The van der Waals surface area contributed by atoms with E-state index >= 15 is 0 Å². The maximum absolute atomic E-state index is 14.4. The summed E-state index contributed by atoms with van der Waals surface area (Å²) in [6.07, 6.45) is 1.55. The number of carbonyl (C=O) groups is 1. The topological polar surface area (TPSA) is 101 Å². The van der Waals surface area contributed by atoms with E-state index in [0.29, 0.717) is 29.4 Å². The molecule has 6 bridgehead atoms. The van der Waals surface area contributed by atoms with Gasteiger partial charge in [-0.1, -0.05) is 11.6 Å². The number of nitrogens with zero attached hydrogens (tertiary/aromatic N) is 2. The van der Waals surface area contributed by atoms with Crippen LogP contribution < -0.4 is 15.4 Å². The molecule has 3 N–H and O–H groups in total. The largest absolute Gasteiger partial charge is 0.477 e. The van der Waals surface area contributed by atoms with E-state index in [1.54, 1.807) is 12.1 Å². The Balaban J connectivity index is 1.60. The molecule has 0 unspecified atom stereocenters. The fourth-order valence-corrected chi connectivity index (χ4v) is 3.97. The molecule has 2 aromatic heterocycles. The van der Waals surface area contributed by atoms with E-state index in [2.05, 4.69) is 25.8 Å². The Kier molecular flexibility index (Phi) is 5.68. The van der Waals surface area contributed by atoms with Gasteiger partial charge in [-0.15, -0.1) is 0 Å². The van der Waals surface area contributed by atoms with Crippen LogP contribution >= 0.6 is 11.6 Å². The van der Waals surface area contributed by atoms with Gasteiger partial charge in [-0.25, -0.2) is 18.6 Å². The normalized spacial score (nSPS) is 26.4. The molecule has 3 heterocycles. The van der Waals surface area contributed by atoms with Crippen LogP contribution in [0.5, 0.6) is 5.88 Å². The Bertz CT molecular complexity index is 925. The first-order valence-electron chi connectivity index (χ1n) is 9.76. The number of anilines is 2. The minimum atomic E-state index is -3.17. The number of aromatic amines is 1. The molecule has 0 radical (unpaired) electrons. The van der Waals surface area contributed by atoms with E-state index in [4.69, 9.17) is 21.1 Å². The molecule has 1 aliphatic carbocycles. The van der Waals surface area contributed by atoms with Crippen LogP contribution in [-0.2, 0) is 4.74 Å². The molecular formula is C19H22ClF2N5O3. The van der Waals surface area contributed by atoms with Gasteiger partial charge in [0.2, 0.25) is 5.88 Å². The van der Waals surface area contributed by atoms with E-state index in [0.717, 1.165) is 12.1 Å². The van der Waals surface area contributed by atoms with Crippen molar-refractivity contribution >= 4 is 29.2 Å². The summed E-state index contributed by atoms with van der Waals surface area (Å²) in [4.78, 5) is 16.1. The van der Waals surface area contributed by atoms with Gasteiger partial charge in [-0.3, -0.25) is 5.10 Å². The van der Waals surface area contributed by atoms with Crippen molar-refractivity contribution in [2.45, 2.75) is 56.6 Å². The van der Waals surface area contributed by atoms with Crippen molar-refractivity contribution in [3.63, 3.8) is 0 Å². The van der Waals surface area contributed by atoms with Crippen LogP contribution in [0.25, 0.3) is 0 Å². The Morgan fingerprint density at radius 2 is 2.17 bits per heavy atom. The van der Waals surface area contributed by atoms with Crippen LogP contribution in [0.2, 0.25) is 5.02 Å². The number of nitrogens with one attached hydrogen (secondary N) is 3. The number of H-pyrrole nitrogens is 1. The lowest BCUT2D eigenvalue weighted by atomic mass is 10.0. The average molecular weight is 442 g/mol. The Morgan fingerprint density at radius 1 is 1.33 bits per heavy atom. The molecule has 0 saturated heterocycles. The minimum absolute atomic E-state index is 0.0208. The van der Waals surface area contributed by atoms with Crippen LogP contribution in [0, 0.1) is 0 Å². The maximum atomic E-state index is 14.4. The standard InChI is InChI=1S/C19H22ClF2N5O3/c1-10-19(21,22)5-7-29-14-9-12(4-6-23-14)25-17-15(20)16(26-27-17)11-2-3-13(8-11)30-18(28)24-10/h4,6,9-11,13H,2-3,5,7-8H2,1H3,(H,24,28)(H2,25,26,27)/t10-,11-,13+/m0/s1. The molecule has 1 amide bonds. The van der Waals surface area contributed by atoms with Crippen LogP contribution in [0.4, 0.5) is 25.1 Å². The lowest BCUT2D eigenvalue weighted by molar-refractivity contribution is -0.0485. The summed E-state index contributed by atoms with van der Waals surface area (Å²) in [5.41, 5.74) is 1.36. The smallest absolute Gasteiger partial charge is 0.407 e. The summed E-state index contributed by atoms with van der Waals surface area (Å²) in [6.45, 7) is 0.966. The quantitative estimate of drug-likeness (QED) is 0.561. The van der Waals surface area contributed by atoms with Crippen molar-refractivity contribution in [3.8, 4) is 5.88 Å². The first-order chi connectivity index (χ1) is 14.3. The summed E-state index contributed by atoms with van der Waals surface area (Å²) in [7, 11) is 0. The summed E-state index contributed by atoms with van der Waals surface area (Å²) in [5.74, 6) is -2.53. The Labute approximate surface area is 176 Å². The van der Waals surface area contributed by atoms with Gasteiger partial charge in [0.15, 0.2) is 5.82 Å². The molecule has 2 aromatic rings. The van der Waals surface area contributed by atoms with E-state index in [9.17, 15) is 13.6 Å². The van der Waals surface area contributed by atoms with Crippen molar-refractivity contribution in [2.75, 3.05) is 11.9 Å². The van der Waals surface area contributed by atoms with Crippen molar-refractivity contribution in [1.29, 1.82) is 0 Å². The number of rotatable bonds is 0. The molecule has 3 atom stereocenters. The van der Waals surface area contributed by atoms with Crippen molar-refractivity contribution in [1.82, 2.24) is 20.5 Å². The van der Waals surface area contributed by atoms with Crippen molar-refractivity contribution in [3.05, 3.63) is 29.0 Å². The van der Waals surface area contributed by atoms with Gasteiger partial charge in [0.1, 0.15) is 11.1 Å². The van der Waals surface area contributed by atoms with Gasteiger partial charge in [-0.05, 0) is 32.3 Å². The highest BCUT2D eigenvalue weighted by atomic mass is 35.5. The Hall–Kier alpha value is -2.62. The predicted molar refractivity (Wildman–Crippen MR) is 106 cm³/mol. The summed E-state index contributed by atoms with van der Waals surface area (Å²) in [5, 5.41) is 13.0. The SMILES string of the molecule is C[C@@H]1NC(=O)O[C@@H]2CC[C@@H](C2)c2[nH]nc(c2Cl)Nc2ccnc(c2)OCCC1(F)F. The number of ether oxygens (including phenoxy) is 2. The first kappa shape index (κ1) is 20.6. The van der Waals surface area contributed by atoms with Gasteiger partial charge >= 0.3 is 6.09 Å². The van der Waals surface area contributed by atoms with Crippen molar-refractivity contribution < 1.29 is 23.0 Å². The number of hydrogen-bond donors (Lipinski definition) is 3. The zero-order chi connectivity index (χ0) is 21.3. The highest BCUT2D eigenvalue weighted by Crippen LogP contribution is 2.40. The monoisotopic (exact) mass is 441 g/mol. The summed E-state index contributed by atoms with van der Waals surface area (Å²) >= 11 is 6.51. The van der Waals surface area contributed by atoms with Crippen LogP contribution in [0.1, 0.15) is 44.2 Å². The number of alkyl halides is 2. The van der Waals surface area contributed by atoms with E-state index in [1.165, 1.54) is 13.1 Å². The number of aromatic nitrogens is 3. The number of halogens is 3. The second-order valence-electron chi connectivity index (χ2n) is 7.57. The fraction of sp³-hybridized carbons (Fsp3) is 0.526. The number of amides is 1. The molecule has 4 rings (SSSR count). The third-order valence-corrected chi connectivity index (χ3v) is 5.83. The molecule has 1 aliphatic heterocycles. The second-order valence-corrected chi connectivity index (χ2v) is 7.95. The van der Waals surface area contributed by atoms with Gasteiger partial charge in [-0.2, -0.15) is 5.10 Å². The maximum Gasteiger partial charge on any atom is 0.407 e. The third-order valence-electron chi connectivity index (χ3n) is 5.45. The van der Waals surface area contributed by atoms with Crippen molar-refractivity contribution in [2.24, 2.45) is 0 Å². The van der Waals surface area contributed by atoms with Crippen LogP contribution in [0.15, 0.2) is 18.3 Å². The molecule has 8 nitrogen and oxygen atoms in total. The van der Waals surface area contributed by atoms with E-state index in [1.807, 2.05) is 0 Å². The molecule has 162 valence electrons. The molecule has 11 heteroatoms. The minimum Gasteiger partial charge on any atom is -0.477 e. The van der Waals surface area contributed by atoms with Gasteiger partial charge in [0, 0.05) is 30.3 Å². The molecule has 2 aliphatic rings. The molecule has 1 saturated carbocycles. The summed E-state index contributed by atoms with van der Waals surface area (Å²) < 4.78 is 39.5. The average Bonchev–Trinajstić information content (AvgIpc) is 3.28. The fourth-order valence-electron chi connectivity index (χ4n) is 3.68. The number of alkyl carbamates (subject to hydrolysis) is 1. The van der Waals surface area contributed by atoms with Gasteiger partial charge in [0.25, 0.3) is 5.92 Å². The first-order valence-corrected chi connectivity index (χ1v) is 10.1.